The lowest BCUT2D eigenvalue weighted by molar-refractivity contribution is 0.0938. The molecular formula is C15H20N8O. The third-order valence-corrected chi connectivity index (χ3v) is 3.43. The van der Waals surface area contributed by atoms with Crippen LogP contribution in [0.4, 0.5) is 5.82 Å². The number of fused-ring (bicyclic) bond motifs is 1. The Hall–Kier alpha value is -2.97. The third-order valence-electron chi connectivity index (χ3n) is 3.43. The molecule has 0 spiro atoms. The zero-order chi connectivity index (χ0) is 17.3. The molecule has 24 heavy (non-hydrogen) atoms. The van der Waals surface area contributed by atoms with Crippen LogP contribution in [0, 0.1) is 6.92 Å². The monoisotopic (exact) mass is 328 g/mol. The molecule has 0 aromatic carbocycles. The van der Waals surface area contributed by atoms with E-state index >= 15 is 0 Å². The molecule has 3 rings (SSSR count). The third kappa shape index (κ3) is 3.19. The minimum absolute atomic E-state index is 0.163. The summed E-state index contributed by atoms with van der Waals surface area (Å²) < 4.78 is 1.89. The van der Waals surface area contributed by atoms with Crippen molar-refractivity contribution in [2.75, 3.05) is 5.32 Å². The van der Waals surface area contributed by atoms with Gasteiger partial charge in [0.25, 0.3) is 5.91 Å². The Labute approximate surface area is 139 Å². The van der Waals surface area contributed by atoms with Crippen LogP contribution < -0.4 is 16.2 Å². The van der Waals surface area contributed by atoms with Crippen molar-refractivity contribution in [1.82, 2.24) is 30.6 Å². The van der Waals surface area contributed by atoms with Crippen LogP contribution in [0.15, 0.2) is 23.6 Å². The van der Waals surface area contributed by atoms with Gasteiger partial charge in [-0.05, 0) is 27.7 Å². The molecule has 0 radical (unpaired) electrons. The summed E-state index contributed by atoms with van der Waals surface area (Å²) in [6.07, 6.45) is 4.77. The van der Waals surface area contributed by atoms with E-state index in [-0.39, 0.29) is 17.1 Å². The van der Waals surface area contributed by atoms with Crippen molar-refractivity contribution in [3.05, 3.63) is 35.5 Å². The van der Waals surface area contributed by atoms with Crippen molar-refractivity contribution in [3.8, 4) is 0 Å². The van der Waals surface area contributed by atoms with Crippen molar-refractivity contribution >= 4 is 17.7 Å². The fraction of sp³-hybridized carbons (Fsp3) is 0.400. The number of hydrogen-bond acceptors (Lipinski definition) is 7. The van der Waals surface area contributed by atoms with Crippen molar-refractivity contribution in [2.45, 2.75) is 39.8 Å². The van der Waals surface area contributed by atoms with Crippen LogP contribution in [0.1, 0.15) is 42.5 Å². The number of nitrogens with one attached hydrogen (secondary N) is 3. The molecule has 1 aliphatic heterocycles. The van der Waals surface area contributed by atoms with E-state index in [9.17, 15) is 4.79 Å². The number of amides is 1. The van der Waals surface area contributed by atoms with E-state index in [0.717, 1.165) is 17.1 Å². The van der Waals surface area contributed by atoms with Crippen LogP contribution in [0.2, 0.25) is 0 Å². The number of aryl methyl sites for hydroxylation is 1. The number of anilines is 1. The highest BCUT2D eigenvalue weighted by molar-refractivity contribution is 5.98. The Morgan fingerprint density at radius 3 is 2.71 bits per heavy atom. The number of guanidine groups is 1. The van der Waals surface area contributed by atoms with E-state index in [1.165, 1.54) is 6.20 Å². The molecule has 1 amide bonds. The highest BCUT2D eigenvalue weighted by atomic mass is 16.2. The zero-order valence-corrected chi connectivity index (χ0v) is 14.1. The van der Waals surface area contributed by atoms with Crippen LogP contribution in [-0.4, -0.2) is 31.6 Å². The standard InChI is InChI=1S/C15H20N8O/c1-9-5-17-11(8-16-9)13(24)21-22-14-18-6-10-7-19-23(12(10)20-14)15(2,3)4/h5,7-8H,6H2,1-4H3,(H,21,24)(H2,18,20,22). The van der Waals surface area contributed by atoms with Gasteiger partial charge in [0, 0.05) is 11.8 Å². The van der Waals surface area contributed by atoms with Gasteiger partial charge in [-0.25, -0.2) is 14.7 Å². The number of nitrogens with zero attached hydrogens (tertiary/aromatic N) is 5. The van der Waals surface area contributed by atoms with E-state index in [1.54, 1.807) is 12.4 Å². The van der Waals surface area contributed by atoms with Gasteiger partial charge < -0.3 is 5.32 Å². The van der Waals surface area contributed by atoms with Gasteiger partial charge >= 0.3 is 0 Å². The lowest BCUT2D eigenvalue weighted by Crippen LogP contribution is -2.46. The van der Waals surface area contributed by atoms with Crippen molar-refractivity contribution in [3.63, 3.8) is 0 Å². The molecule has 126 valence electrons. The topological polar surface area (TPSA) is 109 Å². The predicted molar refractivity (Wildman–Crippen MR) is 89.4 cm³/mol. The van der Waals surface area contributed by atoms with Gasteiger partial charge in [-0.15, -0.1) is 0 Å². The van der Waals surface area contributed by atoms with Crippen LogP contribution >= 0.6 is 0 Å². The quantitative estimate of drug-likeness (QED) is 0.673. The molecule has 2 aromatic rings. The second-order valence-corrected chi connectivity index (χ2v) is 6.51. The number of carbonyl (C=O) groups excluding carboxylic acids is 1. The Kier molecular flexibility index (Phi) is 3.92. The molecule has 0 aliphatic carbocycles. The van der Waals surface area contributed by atoms with Gasteiger partial charge in [0.15, 0.2) is 0 Å². The SMILES string of the molecule is Cc1cnc(C(=O)NNC2=NCc3cnn(C(C)(C)C)c3N2)cn1. The molecule has 1 aliphatic rings. The maximum absolute atomic E-state index is 12.0. The molecule has 0 fully saturated rings. The number of rotatable bonds is 1. The molecule has 2 aromatic heterocycles. The zero-order valence-electron chi connectivity index (χ0n) is 14.1. The molecular weight excluding hydrogens is 308 g/mol. The molecule has 0 atom stereocenters. The molecule has 9 heteroatoms. The van der Waals surface area contributed by atoms with Gasteiger partial charge in [0.05, 0.1) is 30.2 Å². The first-order chi connectivity index (χ1) is 11.3. The van der Waals surface area contributed by atoms with Gasteiger partial charge in [-0.2, -0.15) is 5.10 Å². The molecule has 0 bridgehead atoms. The average molecular weight is 328 g/mol. The summed E-state index contributed by atoms with van der Waals surface area (Å²) in [7, 11) is 0. The maximum atomic E-state index is 12.0. The van der Waals surface area contributed by atoms with E-state index in [1.807, 2.05) is 11.6 Å². The maximum Gasteiger partial charge on any atom is 0.289 e. The first-order valence-corrected chi connectivity index (χ1v) is 7.58. The predicted octanol–water partition coefficient (Wildman–Crippen LogP) is 0.953. The molecule has 3 heterocycles. The Balaban J connectivity index is 1.65. The van der Waals surface area contributed by atoms with E-state index in [0.29, 0.717) is 12.5 Å². The minimum Gasteiger partial charge on any atom is -0.309 e. The Morgan fingerprint density at radius 2 is 2.04 bits per heavy atom. The highest BCUT2D eigenvalue weighted by Gasteiger charge is 2.24. The van der Waals surface area contributed by atoms with E-state index < -0.39 is 0 Å². The fourth-order valence-electron chi connectivity index (χ4n) is 2.22. The van der Waals surface area contributed by atoms with Crippen LogP contribution in [0.25, 0.3) is 0 Å². The van der Waals surface area contributed by atoms with Gasteiger partial charge in [-0.1, -0.05) is 0 Å². The van der Waals surface area contributed by atoms with Crippen molar-refractivity contribution < 1.29 is 4.79 Å². The first-order valence-electron chi connectivity index (χ1n) is 7.58. The van der Waals surface area contributed by atoms with Gasteiger partial charge in [-0.3, -0.25) is 20.6 Å². The second-order valence-electron chi connectivity index (χ2n) is 6.51. The first kappa shape index (κ1) is 15.9. The average Bonchev–Trinajstić information content (AvgIpc) is 2.96. The summed E-state index contributed by atoms with van der Waals surface area (Å²) in [6.45, 7) is 8.50. The summed E-state index contributed by atoms with van der Waals surface area (Å²) in [4.78, 5) is 24.5. The summed E-state index contributed by atoms with van der Waals surface area (Å²) >= 11 is 0. The van der Waals surface area contributed by atoms with E-state index in [4.69, 9.17) is 0 Å². The summed E-state index contributed by atoms with van der Waals surface area (Å²) in [5.41, 5.74) is 7.15. The Bertz CT molecular complexity index is 785. The second kappa shape index (κ2) is 5.91. The lowest BCUT2D eigenvalue weighted by atomic mass is 10.1. The Morgan fingerprint density at radius 1 is 1.25 bits per heavy atom. The highest BCUT2D eigenvalue weighted by Crippen LogP contribution is 2.26. The van der Waals surface area contributed by atoms with Crippen LogP contribution in [0.5, 0.6) is 0 Å². The number of carbonyl (C=O) groups is 1. The summed E-state index contributed by atoms with van der Waals surface area (Å²) in [6, 6.07) is 0. The molecule has 0 saturated heterocycles. The summed E-state index contributed by atoms with van der Waals surface area (Å²) in [5.74, 6) is 0.924. The lowest BCUT2D eigenvalue weighted by Gasteiger charge is -2.25. The van der Waals surface area contributed by atoms with Crippen LogP contribution in [-0.2, 0) is 12.1 Å². The summed E-state index contributed by atoms with van der Waals surface area (Å²) in [5, 5.41) is 7.56. The molecule has 0 unspecified atom stereocenters. The number of aliphatic imine (C=N–C) groups is 1. The number of aromatic nitrogens is 4. The molecule has 3 N–H and O–H groups in total. The largest absolute Gasteiger partial charge is 0.309 e. The van der Waals surface area contributed by atoms with Gasteiger partial charge in [0.1, 0.15) is 11.5 Å². The smallest absolute Gasteiger partial charge is 0.289 e. The number of hydrazine groups is 1. The van der Waals surface area contributed by atoms with Gasteiger partial charge in [0.2, 0.25) is 5.96 Å². The normalized spacial score (nSPS) is 13.6. The molecule has 0 saturated carbocycles. The van der Waals surface area contributed by atoms with Crippen molar-refractivity contribution in [1.29, 1.82) is 0 Å². The van der Waals surface area contributed by atoms with Crippen LogP contribution in [0.3, 0.4) is 0 Å². The van der Waals surface area contributed by atoms with Crippen molar-refractivity contribution in [2.24, 2.45) is 4.99 Å². The molecule has 9 nitrogen and oxygen atoms in total. The fourth-order valence-corrected chi connectivity index (χ4v) is 2.22. The minimum atomic E-state index is -0.387. The van der Waals surface area contributed by atoms with E-state index in [2.05, 4.69) is 57.0 Å². The number of hydrogen-bond donors (Lipinski definition) is 3.